The molecule has 1 aromatic heterocycles. The second-order valence-corrected chi connectivity index (χ2v) is 6.31. The average Bonchev–Trinajstić information content (AvgIpc) is 2.70. The Labute approximate surface area is 140 Å². The molecule has 0 spiro atoms. The van der Waals surface area contributed by atoms with Crippen LogP contribution in [0.25, 0.3) is 0 Å². The van der Waals surface area contributed by atoms with Crippen molar-refractivity contribution in [3.05, 3.63) is 45.2 Å². The van der Waals surface area contributed by atoms with Crippen LogP contribution < -0.4 is 5.32 Å². The third kappa shape index (κ3) is 3.62. The van der Waals surface area contributed by atoms with Crippen molar-refractivity contribution < 1.29 is 4.79 Å². The molecule has 0 radical (unpaired) electrons. The van der Waals surface area contributed by atoms with E-state index in [2.05, 4.69) is 10.4 Å². The van der Waals surface area contributed by atoms with Gasteiger partial charge >= 0.3 is 0 Å². The van der Waals surface area contributed by atoms with E-state index >= 15 is 0 Å². The lowest BCUT2D eigenvalue weighted by Crippen LogP contribution is -2.25. The summed E-state index contributed by atoms with van der Waals surface area (Å²) in [6.45, 7) is 8.43. The average molecular weight is 340 g/mol. The molecule has 118 valence electrons. The van der Waals surface area contributed by atoms with E-state index in [-0.39, 0.29) is 11.8 Å². The van der Waals surface area contributed by atoms with Crippen LogP contribution in [0, 0.1) is 26.7 Å². The zero-order valence-electron chi connectivity index (χ0n) is 13.1. The minimum atomic E-state index is -0.216. The molecule has 1 heterocycles. The van der Waals surface area contributed by atoms with E-state index in [1.165, 1.54) is 0 Å². The Morgan fingerprint density at radius 2 is 1.95 bits per heavy atom. The number of amides is 1. The first-order valence-electron chi connectivity index (χ1n) is 7.06. The molecule has 2 rings (SSSR count). The van der Waals surface area contributed by atoms with E-state index in [9.17, 15) is 4.79 Å². The van der Waals surface area contributed by atoms with Crippen molar-refractivity contribution in [2.75, 3.05) is 5.32 Å². The van der Waals surface area contributed by atoms with Crippen molar-refractivity contribution in [2.45, 2.75) is 34.2 Å². The van der Waals surface area contributed by atoms with E-state index in [4.69, 9.17) is 23.2 Å². The normalized spacial score (nSPS) is 12.3. The van der Waals surface area contributed by atoms with E-state index in [1.54, 1.807) is 18.2 Å². The number of aromatic nitrogens is 2. The number of nitrogens with zero attached hydrogens (tertiary/aromatic N) is 2. The molecule has 1 atom stereocenters. The molecule has 0 fully saturated rings. The predicted molar refractivity (Wildman–Crippen MR) is 90.7 cm³/mol. The molecule has 1 amide bonds. The van der Waals surface area contributed by atoms with E-state index in [0.717, 1.165) is 17.0 Å². The minimum Gasteiger partial charge on any atom is -0.326 e. The quantitative estimate of drug-likeness (QED) is 0.897. The number of rotatable bonds is 4. The molecule has 22 heavy (non-hydrogen) atoms. The molecule has 1 aromatic carbocycles. The van der Waals surface area contributed by atoms with Crippen LogP contribution in [0.3, 0.4) is 0 Å². The fourth-order valence-corrected chi connectivity index (χ4v) is 2.44. The first-order valence-corrected chi connectivity index (χ1v) is 7.81. The van der Waals surface area contributed by atoms with Crippen LogP contribution in [-0.2, 0) is 11.3 Å². The minimum absolute atomic E-state index is 0.0800. The van der Waals surface area contributed by atoms with E-state index < -0.39 is 0 Å². The summed E-state index contributed by atoms with van der Waals surface area (Å²) in [4.78, 5) is 12.3. The molecule has 4 nitrogen and oxygen atoms in total. The number of halogens is 2. The van der Waals surface area contributed by atoms with Crippen molar-refractivity contribution >= 4 is 34.8 Å². The Bertz CT molecular complexity index is 710. The van der Waals surface area contributed by atoms with Gasteiger partial charge in [0.1, 0.15) is 0 Å². The highest BCUT2D eigenvalue weighted by atomic mass is 35.5. The smallest absolute Gasteiger partial charge is 0.229 e. The van der Waals surface area contributed by atoms with Gasteiger partial charge in [-0.15, -0.1) is 0 Å². The molecule has 0 saturated carbocycles. The zero-order chi connectivity index (χ0) is 16.4. The Kier molecular flexibility index (Phi) is 5.14. The van der Waals surface area contributed by atoms with Gasteiger partial charge in [0.25, 0.3) is 0 Å². The molecule has 0 saturated heterocycles. The lowest BCUT2D eigenvalue weighted by Gasteiger charge is -2.14. The molecule has 0 bridgehead atoms. The van der Waals surface area contributed by atoms with Gasteiger partial charge < -0.3 is 5.32 Å². The molecule has 2 aromatic rings. The number of nitrogens with one attached hydrogen (secondary N) is 1. The summed E-state index contributed by atoms with van der Waals surface area (Å²) in [7, 11) is 0. The van der Waals surface area contributed by atoms with Crippen LogP contribution in [-0.4, -0.2) is 15.7 Å². The highest BCUT2D eigenvalue weighted by Gasteiger charge is 2.17. The fourth-order valence-electron chi connectivity index (χ4n) is 2.15. The monoisotopic (exact) mass is 339 g/mol. The summed E-state index contributed by atoms with van der Waals surface area (Å²) < 4.78 is 1.88. The Balaban J connectivity index is 2.05. The molecule has 0 aliphatic rings. The Morgan fingerprint density at radius 3 is 2.50 bits per heavy atom. The third-order valence-electron chi connectivity index (χ3n) is 3.82. The first kappa shape index (κ1) is 16.8. The van der Waals surface area contributed by atoms with Crippen LogP contribution in [0.15, 0.2) is 18.2 Å². The van der Waals surface area contributed by atoms with Gasteiger partial charge in [0.15, 0.2) is 0 Å². The summed E-state index contributed by atoms with van der Waals surface area (Å²) in [6, 6.07) is 5.03. The second-order valence-electron chi connectivity index (χ2n) is 5.50. The zero-order valence-corrected chi connectivity index (χ0v) is 14.6. The van der Waals surface area contributed by atoms with Gasteiger partial charge in [0, 0.05) is 11.4 Å². The highest BCUT2D eigenvalue weighted by Crippen LogP contribution is 2.25. The topological polar surface area (TPSA) is 46.9 Å². The highest BCUT2D eigenvalue weighted by molar-refractivity contribution is 6.42. The molecule has 1 N–H and O–H groups in total. The van der Waals surface area contributed by atoms with Crippen molar-refractivity contribution in [3.63, 3.8) is 0 Å². The number of benzene rings is 1. The summed E-state index contributed by atoms with van der Waals surface area (Å²) >= 11 is 11.8. The van der Waals surface area contributed by atoms with Crippen molar-refractivity contribution in [3.8, 4) is 0 Å². The Hall–Kier alpha value is -1.52. The maximum absolute atomic E-state index is 12.3. The maximum Gasteiger partial charge on any atom is 0.229 e. The molecule has 0 unspecified atom stereocenters. The molecular weight excluding hydrogens is 321 g/mol. The largest absolute Gasteiger partial charge is 0.326 e. The third-order valence-corrected chi connectivity index (χ3v) is 4.56. The predicted octanol–water partition coefficient (Wildman–Crippen LogP) is 4.39. The molecule has 0 aliphatic carbocycles. The summed E-state index contributed by atoms with van der Waals surface area (Å²) in [5, 5.41) is 8.19. The number of carbonyl (C=O) groups is 1. The van der Waals surface area contributed by atoms with Crippen LogP contribution in [0.1, 0.15) is 23.9 Å². The number of hydrogen-bond acceptors (Lipinski definition) is 2. The van der Waals surface area contributed by atoms with Crippen molar-refractivity contribution in [1.82, 2.24) is 9.78 Å². The first-order chi connectivity index (χ1) is 10.3. The molecule has 0 aliphatic heterocycles. The number of carbonyl (C=O) groups excluding carboxylic acids is 1. The number of aryl methyl sites for hydroxylation is 1. The van der Waals surface area contributed by atoms with Gasteiger partial charge in [-0.05, 0) is 44.5 Å². The lowest BCUT2D eigenvalue weighted by atomic mass is 10.1. The summed E-state index contributed by atoms with van der Waals surface area (Å²) in [6.07, 6.45) is 0. The van der Waals surface area contributed by atoms with Crippen LogP contribution in [0.2, 0.25) is 10.0 Å². The van der Waals surface area contributed by atoms with Gasteiger partial charge in [-0.3, -0.25) is 9.48 Å². The van der Waals surface area contributed by atoms with E-state index in [1.807, 2.05) is 32.4 Å². The van der Waals surface area contributed by atoms with Crippen LogP contribution in [0.5, 0.6) is 0 Å². The lowest BCUT2D eigenvalue weighted by molar-refractivity contribution is -0.119. The fraction of sp³-hybridized carbons (Fsp3) is 0.375. The maximum atomic E-state index is 12.3. The molecular formula is C16H19Cl2N3O. The van der Waals surface area contributed by atoms with Gasteiger partial charge in [-0.25, -0.2) is 0 Å². The number of anilines is 1. The summed E-state index contributed by atoms with van der Waals surface area (Å²) in [5.74, 6) is -0.296. The van der Waals surface area contributed by atoms with E-state index in [0.29, 0.717) is 22.3 Å². The standard InChI is InChI=1S/C16H19Cl2N3O/c1-9(8-21-12(4)10(2)11(3)20-21)16(22)19-13-5-6-14(17)15(18)7-13/h5-7,9H,8H2,1-4H3,(H,19,22)/t9-/m1/s1. The van der Waals surface area contributed by atoms with Crippen molar-refractivity contribution in [2.24, 2.45) is 5.92 Å². The van der Waals surface area contributed by atoms with Crippen molar-refractivity contribution in [1.29, 1.82) is 0 Å². The SMILES string of the molecule is Cc1nn(C[C@@H](C)C(=O)Nc2ccc(Cl)c(Cl)c2)c(C)c1C. The number of hydrogen-bond donors (Lipinski definition) is 1. The van der Waals surface area contributed by atoms with Gasteiger partial charge in [0.2, 0.25) is 5.91 Å². The molecule has 6 heteroatoms. The summed E-state index contributed by atoms with van der Waals surface area (Å²) in [5.41, 5.74) is 3.88. The van der Waals surface area contributed by atoms with Crippen LogP contribution in [0.4, 0.5) is 5.69 Å². The van der Waals surface area contributed by atoms with Gasteiger partial charge in [0.05, 0.1) is 28.2 Å². The van der Waals surface area contributed by atoms with Gasteiger partial charge in [-0.1, -0.05) is 30.1 Å². The second kappa shape index (κ2) is 6.71. The van der Waals surface area contributed by atoms with Crippen LogP contribution >= 0.6 is 23.2 Å². The van der Waals surface area contributed by atoms with Gasteiger partial charge in [-0.2, -0.15) is 5.10 Å². The Morgan fingerprint density at radius 1 is 1.27 bits per heavy atom.